The van der Waals surface area contributed by atoms with Crippen molar-refractivity contribution in [1.29, 1.82) is 0 Å². The molecule has 4 heteroatoms. The predicted molar refractivity (Wildman–Crippen MR) is 75.8 cm³/mol. The van der Waals surface area contributed by atoms with E-state index in [1.807, 2.05) is 24.1 Å². The first kappa shape index (κ1) is 13.8. The van der Waals surface area contributed by atoms with Crippen molar-refractivity contribution in [2.24, 2.45) is 5.92 Å². The molecule has 1 aromatic carbocycles. The second-order valence-electron chi connectivity index (χ2n) is 4.88. The van der Waals surface area contributed by atoms with Crippen LogP contribution in [0.5, 0.6) is 0 Å². The van der Waals surface area contributed by atoms with Crippen molar-refractivity contribution in [3.63, 3.8) is 0 Å². The van der Waals surface area contributed by atoms with E-state index in [-0.39, 0.29) is 5.82 Å². The molecule has 1 heterocycles. The van der Waals surface area contributed by atoms with Gasteiger partial charge in [0, 0.05) is 25.5 Å². The van der Waals surface area contributed by atoms with Gasteiger partial charge in [-0.15, -0.1) is 0 Å². The zero-order valence-electron chi connectivity index (χ0n) is 10.7. The summed E-state index contributed by atoms with van der Waals surface area (Å²) in [5.41, 5.74) is 1.64. The van der Waals surface area contributed by atoms with E-state index in [2.05, 4.69) is 15.9 Å². The van der Waals surface area contributed by atoms with Gasteiger partial charge in [-0.05, 0) is 36.5 Å². The molecule has 1 atom stereocenters. The molecule has 0 bridgehead atoms. The first-order valence-electron chi connectivity index (χ1n) is 6.34. The lowest BCUT2D eigenvalue weighted by atomic mass is 10.0. The Morgan fingerprint density at radius 3 is 2.94 bits per heavy atom. The standard InChI is InChI=1S/C14H19BrFNO/c1-17(9-12-3-2-6-18-10-12)14-5-4-11(8-15)7-13(14)16/h4-5,7,12H,2-3,6,8-10H2,1H3. The minimum atomic E-state index is -0.147. The lowest BCUT2D eigenvalue weighted by Crippen LogP contribution is -2.31. The number of nitrogens with zero attached hydrogens (tertiary/aromatic N) is 1. The molecule has 1 saturated heterocycles. The predicted octanol–water partition coefficient (Wildman–Crippen LogP) is 3.58. The van der Waals surface area contributed by atoms with E-state index in [9.17, 15) is 4.39 Å². The summed E-state index contributed by atoms with van der Waals surface area (Å²) >= 11 is 3.34. The van der Waals surface area contributed by atoms with Crippen LogP contribution >= 0.6 is 15.9 Å². The summed E-state index contributed by atoms with van der Waals surface area (Å²) < 4.78 is 19.4. The van der Waals surface area contributed by atoms with Crippen molar-refractivity contribution < 1.29 is 9.13 Å². The zero-order valence-corrected chi connectivity index (χ0v) is 12.2. The molecule has 0 aromatic heterocycles. The van der Waals surface area contributed by atoms with Gasteiger partial charge in [-0.25, -0.2) is 4.39 Å². The smallest absolute Gasteiger partial charge is 0.146 e. The molecule has 0 amide bonds. The molecule has 1 aliphatic heterocycles. The van der Waals surface area contributed by atoms with E-state index in [0.29, 0.717) is 16.9 Å². The molecule has 18 heavy (non-hydrogen) atoms. The van der Waals surface area contributed by atoms with Gasteiger partial charge in [0.15, 0.2) is 0 Å². The highest BCUT2D eigenvalue weighted by Gasteiger charge is 2.17. The van der Waals surface area contributed by atoms with Crippen LogP contribution in [0.2, 0.25) is 0 Å². The Balaban J connectivity index is 2.01. The van der Waals surface area contributed by atoms with Crippen molar-refractivity contribution in [2.75, 3.05) is 31.7 Å². The Bertz CT molecular complexity index is 393. The average molecular weight is 316 g/mol. The second kappa shape index (κ2) is 6.53. The molecular weight excluding hydrogens is 297 g/mol. The quantitative estimate of drug-likeness (QED) is 0.787. The van der Waals surface area contributed by atoms with Crippen LogP contribution in [0.15, 0.2) is 18.2 Å². The fourth-order valence-corrected chi connectivity index (χ4v) is 2.73. The van der Waals surface area contributed by atoms with Crippen molar-refractivity contribution in [3.05, 3.63) is 29.6 Å². The third-order valence-electron chi connectivity index (χ3n) is 3.36. The Labute approximate surface area is 116 Å². The minimum absolute atomic E-state index is 0.147. The Morgan fingerprint density at radius 1 is 1.50 bits per heavy atom. The first-order valence-corrected chi connectivity index (χ1v) is 7.46. The summed E-state index contributed by atoms with van der Waals surface area (Å²) in [7, 11) is 1.95. The average Bonchev–Trinajstić information content (AvgIpc) is 2.39. The van der Waals surface area contributed by atoms with Gasteiger partial charge >= 0.3 is 0 Å². The van der Waals surface area contributed by atoms with Gasteiger partial charge in [0.05, 0.1) is 12.3 Å². The molecule has 100 valence electrons. The number of hydrogen-bond donors (Lipinski definition) is 0. The number of benzene rings is 1. The number of anilines is 1. The molecule has 0 spiro atoms. The summed E-state index contributed by atoms with van der Waals surface area (Å²) in [5, 5.41) is 0.685. The molecule has 0 aliphatic carbocycles. The molecule has 0 saturated carbocycles. The maximum Gasteiger partial charge on any atom is 0.146 e. The third kappa shape index (κ3) is 3.45. The lowest BCUT2D eigenvalue weighted by Gasteiger charge is -2.28. The van der Waals surface area contributed by atoms with Crippen LogP contribution < -0.4 is 4.90 Å². The SMILES string of the molecule is CN(CC1CCCOC1)c1ccc(CBr)cc1F. The number of rotatable bonds is 4. The van der Waals surface area contributed by atoms with Gasteiger partial charge in [0.2, 0.25) is 0 Å². The summed E-state index contributed by atoms with van der Waals surface area (Å²) in [6.45, 7) is 2.52. The summed E-state index contributed by atoms with van der Waals surface area (Å²) in [6, 6.07) is 5.41. The van der Waals surface area contributed by atoms with E-state index in [1.54, 1.807) is 6.07 Å². The molecular formula is C14H19BrFNO. The van der Waals surface area contributed by atoms with Gasteiger partial charge in [0.1, 0.15) is 5.82 Å². The summed E-state index contributed by atoms with van der Waals surface area (Å²) in [4.78, 5) is 1.99. The van der Waals surface area contributed by atoms with Gasteiger partial charge < -0.3 is 9.64 Å². The number of alkyl halides is 1. The van der Waals surface area contributed by atoms with Gasteiger partial charge in [0.25, 0.3) is 0 Å². The van der Waals surface area contributed by atoms with Crippen LogP contribution in [0.4, 0.5) is 10.1 Å². The minimum Gasteiger partial charge on any atom is -0.381 e. The van der Waals surface area contributed by atoms with Crippen LogP contribution in [0.3, 0.4) is 0 Å². The Morgan fingerprint density at radius 2 is 2.33 bits per heavy atom. The van der Waals surface area contributed by atoms with Crippen LogP contribution in [0.25, 0.3) is 0 Å². The van der Waals surface area contributed by atoms with Crippen molar-refractivity contribution in [1.82, 2.24) is 0 Å². The third-order valence-corrected chi connectivity index (χ3v) is 4.01. The normalized spacial score (nSPS) is 19.8. The highest BCUT2D eigenvalue weighted by Crippen LogP contribution is 2.23. The van der Waals surface area contributed by atoms with Gasteiger partial charge in [-0.2, -0.15) is 0 Å². The Hall–Kier alpha value is -0.610. The van der Waals surface area contributed by atoms with Gasteiger partial charge in [-0.1, -0.05) is 22.0 Å². The molecule has 1 aliphatic rings. The van der Waals surface area contributed by atoms with Crippen LogP contribution in [-0.4, -0.2) is 26.8 Å². The molecule has 1 unspecified atom stereocenters. The Kier molecular flexibility index (Phi) is 5.01. The highest BCUT2D eigenvalue weighted by molar-refractivity contribution is 9.08. The molecule has 0 N–H and O–H groups in total. The van der Waals surface area contributed by atoms with E-state index in [4.69, 9.17) is 4.74 Å². The number of ether oxygens (including phenoxy) is 1. The monoisotopic (exact) mass is 315 g/mol. The van der Waals surface area contributed by atoms with Crippen molar-refractivity contribution in [2.45, 2.75) is 18.2 Å². The second-order valence-corrected chi connectivity index (χ2v) is 5.44. The van der Waals surface area contributed by atoms with Crippen LogP contribution in [0, 0.1) is 11.7 Å². The van der Waals surface area contributed by atoms with Crippen LogP contribution in [0.1, 0.15) is 18.4 Å². The first-order chi connectivity index (χ1) is 8.70. The maximum atomic E-state index is 13.9. The van der Waals surface area contributed by atoms with E-state index >= 15 is 0 Å². The molecule has 2 rings (SSSR count). The number of halogens is 2. The topological polar surface area (TPSA) is 12.5 Å². The largest absolute Gasteiger partial charge is 0.381 e. The highest BCUT2D eigenvalue weighted by atomic mass is 79.9. The van der Waals surface area contributed by atoms with E-state index in [1.165, 1.54) is 6.42 Å². The molecule has 1 aromatic rings. The van der Waals surface area contributed by atoms with E-state index < -0.39 is 0 Å². The summed E-state index contributed by atoms with van der Waals surface area (Å²) in [5.74, 6) is 0.366. The number of hydrogen-bond acceptors (Lipinski definition) is 2. The fourth-order valence-electron chi connectivity index (χ4n) is 2.38. The van der Waals surface area contributed by atoms with Crippen molar-refractivity contribution in [3.8, 4) is 0 Å². The van der Waals surface area contributed by atoms with Gasteiger partial charge in [-0.3, -0.25) is 0 Å². The zero-order chi connectivity index (χ0) is 13.0. The molecule has 2 nitrogen and oxygen atoms in total. The molecule has 1 fully saturated rings. The van der Waals surface area contributed by atoms with E-state index in [0.717, 1.165) is 31.7 Å². The van der Waals surface area contributed by atoms with Crippen LogP contribution in [-0.2, 0) is 10.1 Å². The molecule has 0 radical (unpaired) electrons. The maximum absolute atomic E-state index is 13.9. The lowest BCUT2D eigenvalue weighted by molar-refractivity contribution is 0.0576. The summed E-state index contributed by atoms with van der Waals surface area (Å²) in [6.07, 6.45) is 2.29. The fraction of sp³-hybridized carbons (Fsp3) is 0.571. The van der Waals surface area contributed by atoms with Crippen molar-refractivity contribution >= 4 is 21.6 Å².